The van der Waals surface area contributed by atoms with Gasteiger partial charge in [0, 0.05) is 38.0 Å². The molecule has 0 spiro atoms. The highest BCUT2D eigenvalue weighted by atomic mass is 35.5. The van der Waals surface area contributed by atoms with E-state index in [-0.39, 0.29) is 0 Å². The first-order chi connectivity index (χ1) is 10.2. The highest BCUT2D eigenvalue weighted by Gasteiger charge is 2.06. The van der Waals surface area contributed by atoms with Crippen LogP contribution in [0.5, 0.6) is 11.5 Å². The molecule has 112 valence electrons. The SMILES string of the molecule is COCCNCc1cc(C)ccc1Oc1cncc(Cl)c1. The smallest absolute Gasteiger partial charge is 0.147 e. The summed E-state index contributed by atoms with van der Waals surface area (Å²) >= 11 is 5.93. The second-order valence-corrected chi connectivity index (χ2v) is 5.16. The summed E-state index contributed by atoms with van der Waals surface area (Å²) in [6.45, 7) is 4.25. The van der Waals surface area contributed by atoms with Crippen molar-refractivity contribution in [3.05, 3.63) is 52.8 Å². The van der Waals surface area contributed by atoms with Crippen LogP contribution >= 0.6 is 11.6 Å². The Kier molecular flexibility index (Phi) is 5.99. The average Bonchev–Trinajstić information content (AvgIpc) is 2.46. The van der Waals surface area contributed by atoms with Gasteiger partial charge in [-0.1, -0.05) is 29.3 Å². The van der Waals surface area contributed by atoms with Gasteiger partial charge >= 0.3 is 0 Å². The lowest BCUT2D eigenvalue weighted by atomic mass is 10.1. The van der Waals surface area contributed by atoms with Crippen LogP contribution in [0.2, 0.25) is 5.02 Å². The molecule has 0 saturated heterocycles. The van der Waals surface area contributed by atoms with Crippen LogP contribution in [0.4, 0.5) is 0 Å². The topological polar surface area (TPSA) is 43.4 Å². The summed E-state index contributed by atoms with van der Waals surface area (Å²) in [6.07, 6.45) is 3.23. The van der Waals surface area contributed by atoms with Gasteiger partial charge in [-0.2, -0.15) is 0 Å². The van der Waals surface area contributed by atoms with E-state index in [0.29, 0.717) is 23.9 Å². The molecule has 21 heavy (non-hydrogen) atoms. The van der Waals surface area contributed by atoms with Crippen molar-refractivity contribution in [1.29, 1.82) is 0 Å². The first kappa shape index (κ1) is 15.8. The molecule has 2 rings (SSSR count). The van der Waals surface area contributed by atoms with Crippen molar-refractivity contribution in [2.24, 2.45) is 0 Å². The molecule has 5 heteroatoms. The van der Waals surface area contributed by atoms with E-state index < -0.39 is 0 Å². The van der Waals surface area contributed by atoms with Crippen molar-refractivity contribution in [1.82, 2.24) is 10.3 Å². The Labute approximate surface area is 130 Å². The third kappa shape index (κ3) is 5.01. The number of hydrogen-bond donors (Lipinski definition) is 1. The van der Waals surface area contributed by atoms with Gasteiger partial charge in [0.1, 0.15) is 11.5 Å². The van der Waals surface area contributed by atoms with Gasteiger partial charge in [-0.15, -0.1) is 0 Å². The van der Waals surface area contributed by atoms with Gasteiger partial charge in [0.05, 0.1) is 17.8 Å². The maximum Gasteiger partial charge on any atom is 0.147 e. The summed E-state index contributed by atoms with van der Waals surface area (Å²) < 4.78 is 10.9. The van der Waals surface area contributed by atoms with Crippen LogP contribution in [0.15, 0.2) is 36.7 Å². The Morgan fingerprint density at radius 3 is 2.86 bits per heavy atom. The summed E-state index contributed by atoms with van der Waals surface area (Å²) in [4.78, 5) is 4.03. The minimum atomic E-state index is 0.555. The fourth-order valence-corrected chi connectivity index (χ4v) is 2.08. The van der Waals surface area contributed by atoms with Gasteiger partial charge in [-0.05, 0) is 13.0 Å². The molecule has 0 radical (unpaired) electrons. The Morgan fingerprint density at radius 1 is 1.24 bits per heavy atom. The van der Waals surface area contributed by atoms with Crippen LogP contribution in [-0.2, 0) is 11.3 Å². The van der Waals surface area contributed by atoms with Crippen LogP contribution in [0.3, 0.4) is 0 Å². The van der Waals surface area contributed by atoms with Gasteiger partial charge in [-0.3, -0.25) is 4.98 Å². The number of methoxy groups -OCH3 is 1. The van der Waals surface area contributed by atoms with E-state index in [1.54, 1.807) is 25.6 Å². The molecule has 0 bridgehead atoms. The highest BCUT2D eigenvalue weighted by Crippen LogP contribution is 2.27. The number of ether oxygens (including phenoxy) is 2. The third-order valence-electron chi connectivity index (χ3n) is 2.92. The number of aromatic nitrogens is 1. The monoisotopic (exact) mass is 306 g/mol. The normalized spacial score (nSPS) is 10.6. The van der Waals surface area contributed by atoms with E-state index in [1.165, 1.54) is 5.56 Å². The molecule has 1 aromatic heterocycles. The van der Waals surface area contributed by atoms with Gasteiger partial charge in [0.2, 0.25) is 0 Å². The molecule has 0 aliphatic heterocycles. The van der Waals surface area contributed by atoms with Crippen molar-refractivity contribution in [2.45, 2.75) is 13.5 Å². The number of hydrogen-bond acceptors (Lipinski definition) is 4. The van der Waals surface area contributed by atoms with E-state index in [4.69, 9.17) is 21.1 Å². The third-order valence-corrected chi connectivity index (χ3v) is 3.13. The zero-order chi connectivity index (χ0) is 15.1. The van der Waals surface area contributed by atoms with Gasteiger partial charge in [0.25, 0.3) is 0 Å². The molecule has 1 aromatic carbocycles. The van der Waals surface area contributed by atoms with E-state index >= 15 is 0 Å². The first-order valence-electron chi connectivity index (χ1n) is 6.76. The maximum atomic E-state index is 5.93. The fourth-order valence-electron chi connectivity index (χ4n) is 1.92. The largest absolute Gasteiger partial charge is 0.455 e. The maximum absolute atomic E-state index is 5.93. The molecule has 0 aliphatic rings. The minimum absolute atomic E-state index is 0.555. The lowest BCUT2D eigenvalue weighted by Crippen LogP contribution is -2.18. The summed E-state index contributed by atoms with van der Waals surface area (Å²) in [5.74, 6) is 1.43. The predicted molar refractivity (Wildman–Crippen MR) is 84.1 cm³/mol. The van der Waals surface area contributed by atoms with E-state index in [2.05, 4.69) is 23.3 Å². The lowest BCUT2D eigenvalue weighted by molar-refractivity contribution is 0.199. The van der Waals surface area contributed by atoms with Crippen molar-refractivity contribution in [2.75, 3.05) is 20.3 Å². The number of pyridine rings is 1. The minimum Gasteiger partial charge on any atom is -0.455 e. The number of nitrogens with one attached hydrogen (secondary N) is 1. The van der Waals surface area contributed by atoms with Crippen LogP contribution in [0, 0.1) is 6.92 Å². The van der Waals surface area contributed by atoms with E-state index in [0.717, 1.165) is 17.9 Å². The number of rotatable bonds is 7. The average molecular weight is 307 g/mol. The quantitative estimate of drug-likeness (QED) is 0.794. The van der Waals surface area contributed by atoms with Crippen molar-refractivity contribution < 1.29 is 9.47 Å². The van der Waals surface area contributed by atoms with Crippen LogP contribution in [0.1, 0.15) is 11.1 Å². The summed E-state index contributed by atoms with van der Waals surface area (Å²) in [7, 11) is 1.69. The van der Waals surface area contributed by atoms with Crippen molar-refractivity contribution in [3.8, 4) is 11.5 Å². The molecule has 0 fully saturated rings. The molecule has 0 unspecified atom stereocenters. The second kappa shape index (κ2) is 7.98. The zero-order valence-corrected chi connectivity index (χ0v) is 13.0. The zero-order valence-electron chi connectivity index (χ0n) is 12.2. The number of aryl methyl sites for hydroxylation is 1. The Morgan fingerprint density at radius 2 is 2.10 bits per heavy atom. The molecule has 0 amide bonds. The number of halogens is 1. The molecule has 2 aromatic rings. The van der Waals surface area contributed by atoms with Gasteiger partial charge < -0.3 is 14.8 Å². The predicted octanol–water partition coefficient (Wildman–Crippen LogP) is 3.57. The van der Waals surface area contributed by atoms with Crippen LogP contribution in [0.25, 0.3) is 0 Å². The molecule has 1 N–H and O–H groups in total. The molecule has 0 aliphatic carbocycles. The Hall–Kier alpha value is -1.62. The Balaban J connectivity index is 2.10. The first-order valence-corrected chi connectivity index (χ1v) is 7.14. The van der Waals surface area contributed by atoms with Gasteiger partial charge in [0.15, 0.2) is 0 Å². The lowest BCUT2D eigenvalue weighted by Gasteiger charge is -2.13. The van der Waals surface area contributed by atoms with E-state index in [1.807, 2.05) is 12.1 Å². The standard InChI is InChI=1S/C16H19ClN2O2/c1-12-3-4-16(13(7-12)9-18-5-6-20-2)21-15-8-14(17)10-19-11-15/h3-4,7-8,10-11,18H,5-6,9H2,1-2H3. The molecular formula is C16H19ClN2O2. The summed E-state index contributed by atoms with van der Waals surface area (Å²) in [6, 6.07) is 7.83. The molecular weight excluding hydrogens is 288 g/mol. The van der Waals surface area contributed by atoms with Crippen LogP contribution in [-0.4, -0.2) is 25.2 Å². The molecule has 4 nitrogen and oxygen atoms in total. The summed E-state index contributed by atoms with van der Waals surface area (Å²) in [5, 5.41) is 3.88. The van der Waals surface area contributed by atoms with E-state index in [9.17, 15) is 0 Å². The van der Waals surface area contributed by atoms with Crippen molar-refractivity contribution in [3.63, 3.8) is 0 Å². The number of nitrogens with zero attached hydrogens (tertiary/aromatic N) is 1. The second-order valence-electron chi connectivity index (χ2n) is 4.72. The van der Waals surface area contributed by atoms with Gasteiger partial charge in [-0.25, -0.2) is 0 Å². The fraction of sp³-hybridized carbons (Fsp3) is 0.312. The Bertz CT molecular complexity index is 590. The molecule has 1 heterocycles. The molecule has 0 atom stereocenters. The number of benzene rings is 1. The van der Waals surface area contributed by atoms with Crippen molar-refractivity contribution >= 4 is 11.6 Å². The summed E-state index contributed by atoms with van der Waals surface area (Å²) in [5.41, 5.74) is 2.28. The van der Waals surface area contributed by atoms with Crippen LogP contribution < -0.4 is 10.1 Å². The molecule has 0 saturated carbocycles. The highest BCUT2D eigenvalue weighted by molar-refractivity contribution is 6.30.